The highest BCUT2D eigenvalue weighted by Crippen LogP contribution is 2.32. The Morgan fingerprint density at radius 3 is 2.81 bits per heavy atom. The molecule has 1 aliphatic rings. The number of thiophene rings is 1. The molecule has 0 spiro atoms. The Bertz CT molecular complexity index is 647. The van der Waals surface area contributed by atoms with Crippen LogP contribution < -0.4 is 5.32 Å². The second kappa shape index (κ2) is 5.97. The van der Waals surface area contributed by atoms with Gasteiger partial charge in [0.25, 0.3) is 0 Å². The second-order valence-electron chi connectivity index (χ2n) is 5.53. The molecule has 0 amide bonds. The van der Waals surface area contributed by atoms with Crippen molar-refractivity contribution < 1.29 is 9.53 Å². The van der Waals surface area contributed by atoms with Gasteiger partial charge in [0, 0.05) is 6.04 Å². The van der Waals surface area contributed by atoms with Crippen LogP contribution in [-0.2, 0) is 9.53 Å². The number of fused-ring (bicyclic) bond motifs is 1. The van der Waals surface area contributed by atoms with Crippen LogP contribution in [0.5, 0.6) is 0 Å². The highest BCUT2D eigenvalue weighted by molar-refractivity contribution is 7.18. The van der Waals surface area contributed by atoms with Crippen molar-refractivity contribution in [2.75, 3.05) is 12.4 Å². The average Bonchev–Trinajstić information content (AvgIpc) is 2.90. The SMILES string of the molecule is COC(=O)C1CCC(Nc2ncnc3c(C)csc23)CC1. The topological polar surface area (TPSA) is 64.1 Å². The predicted molar refractivity (Wildman–Crippen MR) is 83.5 cm³/mol. The number of rotatable bonds is 3. The highest BCUT2D eigenvalue weighted by atomic mass is 32.1. The zero-order valence-electron chi connectivity index (χ0n) is 12.3. The predicted octanol–water partition coefficient (Wildman–Crippen LogP) is 3.14. The van der Waals surface area contributed by atoms with Gasteiger partial charge < -0.3 is 10.1 Å². The lowest BCUT2D eigenvalue weighted by Gasteiger charge is -2.27. The fraction of sp³-hybridized carbons (Fsp3) is 0.533. The van der Waals surface area contributed by atoms with Gasteiger partial charge in [-0.05, 0) is 43.6 Å². The maximum Gasteiger partial charge on any atom is 0.308 e. The lowest BCUT2D eigenvalue weighted by molar-refractivity contribution is -0.146. The van der Waals surface area contributed by atoms with Crippen LogP contribution in [0.3, 0.4) is 0 Å². The van der Waals surface area contributed by atoms with Crippen molar-refractivity contribution in [1.82, 2.24) is 9.97 Å². The van der Waals surface area contributed by atoms with Crippen molar-refractivity contribution in [3.63, 3.8) is 0 Å². The Labute approximate surface area is 127 Å². The molecule has 0 unspecified atom stereocenters. The van der Waals surface area contributed by atoms with E-state index in [1.165, 1.54) is 12.7 Å². The molecule has 0 aromatic carbocycles. The van der Waals surface area contributed by atoms with Gasteiger partial charge >= 0.3 is 5.97 Å². The van der Waals surface area contributed by atoms with E-state index in [1.54, 1.807) is 17.7 Å². The Balaban J connectivity index is 1.68. The van der Waals surface area contributed by atoms with Crippen LogP contribution in [0.25, 0.3) is 10.2 Å². The van der Waals surface area contributed by atoms with E-state index >= 15 is 0 Å². The third-order valence-corrected chi connectivity index (χ3v) is 5.23. The number of esters is 1. The normalized spacial score (nSPS) is 22.2. The summed E-state index contributed by atoms with van der Waals surface area (Å²) in [5.41, 5.74) is 2.22. The molecule has 0 bridgehead atoms. The summed E-state index contributed by atoms with van der Waals surface area (Å²) in [7, 11) is 1.46. The molecular formula is C15H19N3O2S. The molecule has 1 saturated carbocycles. The fourth-order valence-corrected chi connectivity index (χ4v) is 3.86. The molecule has 2 heterocycles. The molecule has 0 saturated heterocycles. The minimum absolute atomic E-state index is 0.0578. The maximum atomic E-state index is 11.5. The first kappa shape index (κ1) is 14.3. The lowest BCUT2D eigenvalue weighted by atomic mass is 9.86. The van der Waals surface area contributed by atoms with Crippen LogP contribution in [0, 0.1) is 12.8 Å². The number of anilines is 1. The van der Waals surface area contributed by atoms with Gasteiger partial charge in [-0.15, -0.1) is 11.3 Å². The van der Waals surface area contributed by atoms with E-state index in [4.69, 9.17) is 4.74 Å². The summed E-state index contributed by atoms with van der Waals surface area (Å²) in [6.07, 6.45) is 5.31. The zero-order valence-corrected chi connectivity index (χ0v) is 13.1. The van der Waals surface area contributed by atoms with Crippen LogP contribution in [0.1, 0.15) is 31.2 Å². The standard InChI is InChI=1S/C15H19N3O2S/c1-9-7-21-13-12(9)16-8-17-14(13)18-11-5-3-10(4-6-11)15(19)20-2/h7-8,10-11H,3-6H2,1-2H3,(H,16,17,18). The molecule has 5 nitrogen and oxygen atoms in total. The largest absolute Gasteiger partial charge is 0.469 e. The molecule has 1 N–H and O–H groups in total. The number of ether oxygens (including phenoxy) is 1. The van der Waals surface area contributed by atoms with Gasteiger partial charge in [0.1, 0.15) is 12.1 Å². The first-order valence-electron chi connectivity index (χ1n) is 7.22. The molecule has 0 radical (unpaired) electrons. The lowest BCUT2D eigenvalue weighted by Crippen LogP contribution is -2.30. The van der Waals surface area contributed by atoms with Crippen molar-refractivity contribution >= 4 is 33.3 Å². The number of methoxy groups -OCH3 is 1. The van der Waals surface area contributed by atoms with Gasteiger partial charge in [-0.3, -0.25) is 4.79 Å². The summed E-state index contributed by atoms with van der Waals surface area (Å²) >= 11 is 1.68. The van der Waals surface area contributed by atoms with E-state index in [1.807, 2.05) is 0 Å². The van der Waals surface area contributed by atoms with E-state index in [0.29, 0.717) is 6.04 Å². The van der Waals surface area contributed by atoms with Crippen molar-refractivity contribution in [1.29, 1.82) is 0 Å². The van der Waals surface area contributed by atoms with E-state index in [0.717, 1.165) is 41.7 Å². The Morgan fingerprint density at radius 1 is 1.33 bits per heavy atom. The average molecular weight is 305 g/mol. The van der Waals surface area contributed by atoms with E-state index < -0.39 is 0 Å². The number of nitrogens with zero attached hydrogens (tertiary/aromatic N) is 2. The molecule has 2 aromatic rings. The van der Waals surface area contributed by atoms with Crippen LogP contribution >= 0.6 is 11.3 Å². The molecule has 0 atom stereocenters. The van der Waals surface area contributed by atoms with Crippen LogP contribution in [0.15, 0.2) is 11.7 Å². The number of nitrogens with one attached hydrogen (secondary N) is 1. The Kier molecular flexibility index (Phi) is 4.05. The smallest absolute Gasteiger partial charge is 0.308 e. The van der Waals surface area contributed by atoms with Crippen molar-refractivity contribution in [3.8, 4) is 0 Å². The summed E-state index contributed by atoms with van der Waals surface area (Å²) in [6, 6.07) is 0.367. The summed E-state index contributed by atoms with van der Waals surface area (Å²) in [4.78, 5) is 20.3. The highest BCUT2D eigenvalue weighted by Gasteiger charge is 2.27. The van der Waals surface area contributed by atoms with Gasteiger partial charge in [0.15, 0.2) is 0 Å². The number of hydrogen-bond acceptors (Lipinski definition) is 6. The minimum atomic E-state index is -0.0771. The molecule has 1 aliphatic carbocycles. The van der Waals surface area contributed by atoms with Gasteiger partial charge in [0.05, 0.1) is 23.2 Å². The summed E-state index contributed by atoms with van der Waals surface area (Å²) < 4.78 is 5.94. The molecule has 1 fully saturated rings. The number of aryl methyl sites for hydroxylation is 1. The third-order valence-electron chi connectivity index (χ3n) is 4.13. The van der Waals surface area contributed by atoms with E-state index in [2.05, 4.69) is 27.6 Å². The molecule has 0 aliphatic heterocycles. The van der Waals surface area contributed by atoms with Gasteiger partial charge in [-0.1, -0.05) is 0 Å². The minimum Gasteiger partial charge on any atom is -0.469 e. The molecule has 2 aromatic heterocycles. The van der Waals surface area contributed by atoms with Crippen molar-refractivity contribution in [2.24, 2.45) is 5.92 Å². The Hall–Kier alpha value is -1.69. The van der Waals surface area contributed by atoms with E-state index in [-0.39, 0.29) is 11.9 Å². The molecular weight excluding hydrogens is 286 g/mol. The monoisotopic (exact) mass is 305 g/mol. The number of hydrogen-bond donors (Lipinski definition) is 1. The quantitative estimate of drug-likeness (QED) is 0.883. The first-order chi connectivity index (χ1) is 10.2. The molecule has 6 heteroatoms. The van der Waals surface area contributed by atoms with Gasteiger partial charge in [-0.25, -0.2) is 9.97 Å². The maximum absolute atomic E-state index is 11.5. The van der Waals surface area contributed by atoms with Gasteiger partial charge in [0.2, 0.25) is 0 Å². The van der Waals surface area contributed by atoms with Crippen LogP contribution in [-0.4, -0.2) is 29.1 Å². The number of carbonyl (C=O) groups excluding carboxylic acids is 1. The zero-order chi connectivity index (χ0) is 14.8. The van der Waals surface area contributed by atoms with Crippen molar-refractivity contribution in [2.45, 2.75) is 38.6 Å². The van der Waals surface area contributed by atoms with Gasteiger partial charge in [-0.2, -0.15) is 0 Å². The Morgan fingerprint density at radius 2 is 2.10 bits per heavy atom. The molecule has 21 heavy (non-hydrogen) atoms. The molecule has 112 valence electrons. The van der Waals surface area contributed by atoms with E-state index in [9.17, 15) is 4.79 Å². The van der Waals surface area contributed by atoms with Crippen LogP contribution in [0.4, 0.5) is 5.82 Å². The molecule has 3 rings (SSSR count). The van der Waals surface area contributed by atoms with Crippen molar-refractivity contribution in [3.05, 3.63) is 17.3 Å². The summed E-state index contributed by atoms with van der Waals surface area (Å²) in [6.45, 7) is 2.07. The van der Waals surface area contributed by atoms with Crippen LogP contribution in [0.2, 0.25) is 0 Å². The second-order valence-corrected chi connectivity index (χ2v) is 6.41. The number of aromatic nitrogens is 2. The summed E-state index contributed by atoms with van der Waals surface area (Å²) in [5, 5.41) is 5.63. The third kappa shape index (κ3) is 2.85. The number of carbonyl (C=O) groups is 1. The fourth-order valence-electron chi connectivity index (χ4n) is 2.91. The first-order valence-corrected chi connectivity index (χ1v) is 8.10. The summed E-state index contributed by atoms with van der Waals surface area (Å²) in [5.74, 6) is 0.897.